The monoisotopic (exact) mass is 186 g/mol. The summed E-state index contributed by atoms with van der Waals surface area (Å²) in [5.41, 5.74) is 3.54. The fraction of sp³-hybridized carbons (Fsp3) is 0.333. The number of hydrogen-bond acceptors (Lipinski definition) is 2. The third kappa shape index (κ3) is 1.48. The summed E-state index contributed by atoms with van der Waals surface area (Å²) in [5.74, 6) is 0. The van der Waals surface area contributed by atoms with Gasteiger partial charge in [0.1, 0.15) is 0 Å². The summed E-state index contributed by atoms with van der Waals surface area (Å²) in [6.07, 6.45) is 5.70. The van der Waals surface area contributed by atoms with Gasteiger partial charge >= 0.3 is 0 Å². The molecule has 0 amide bonds. The van der Waals surface area contributed by atoms with Gasteiger partial charge in [-0.15, -0.1) is 0 Å². The van der Waals surface area contributed by atoms with Gasteiger partial charge in [0.25, 0.3) is 0 Å². The van der Waals surface area contributed by atoms with E-state index in [0.717, 1.165) is 24.1 Å². The molecule has 0 aromatic carbocycles. The van der Waals surface area contributed by atoms with Crippen LogP contribution in [0.5, 0.6) is 0 Å². The van der Waals surface area contributed by atoms with Crippen LogP contribution in [0, 0.1) is 0 Å². The molecule has 0 atom stereocenters. The molecule has 2 nitrogen and oxygen atoms in total. The molecule has 2 heterocycles. The second-order valence-electron chi connectivity index (χ2n) is 3.37. The number of rotatable bonds is 2. The van der Waals surface area contributed by atoms with E-state index in [-0.39, 0.29) is 0 Å². The van der Waals surface area contributed by atoms with Crippen molar-refractivity contribution in [2.24, 2.45) is 0 Å². The van der Waals surface area contributed by atoms with Crippen LogP contribution in [0.2, 0.25) is 0 Å². The zero-order chi connectivity index (χ0) is 9.97. The lowest BCUT2D eigenvalue weighted by Gasteiger charge is -2.05. The quantitative estimate of drug-likeness (QED) is 0.720. The molecule has 0 saturated carbocycles. The maximum absolute atomic E-state index is 4.54. The molecule has 2 heteroatoms. The summed E-state index contributed by atoms with van der Waals surface area (Å²) >= 11 is 0. The summed E-state index contributed by atoms with van der Waals surface area (Å²) in [6.45, 7) is 4.30. The van der Waals surface area contributed by atoms with Crippen molar-refractivity contribution >= 4 is 10.9 Å². The van der Waals surface area contributed by atoms with Gasteiger partial charge in [-0.05, 0) is 30.5 Å². The van der Waals surface area contributed by atoms with Gasteiger partial charge in [-0.3, -0.25) is 9.97 Å². The zero-order valence-corrected chi connectivity index (χ0v) is 8.62. The van der Waals surface area contributed by atoms with Crippen LogP contribution in [0.15, 0.2) is 24.5 Å². The van der Waals surface area contributed by atoms with Gasteiger partial charge in [-0.25, -0.2) is 0 Å². The average molecular weight is 186 g/mol. The summed E-state index contributed by atoms with van der Waals surface area (Å²) in [7, 11) is 0. The molecular formula is C12H14N2. The van der Waals surface area contributed by atoms with Crippen LogP contribution in [0.4, 0.5) is 0 Å². The molecular weight excluding hydrogens is 172 g/mol. The first kappa shape index (κ1) is 9.13. The summed E-state index contributed by atoms with van der Waals surface area (Å²) in [5, 5.41) is 1.24. The molecule has 0 N–H and O–H groups in total. The van der Waals surface area contributed by atoms with Crippen molar-refractivity contribution in [3.05, 3.63) is 35.8 Å². The van der Waals surface area contributed by atoms with Crippen LogP contribution >= 0.6 is 0 Å². The third-order valence-corrected chi connectivity index (χ3v) is 2.49. The fourth-order valence-electron chi connectivity index (χ4n) is 1.69. The minimum absolute atomic E-state index is 0.984. The first-order chi connectivity index (χ1) is 6.85. The minimum atomic E-state index is 0.984. The molecule has 2 aromatic rings. The van der Waals surface area contributed by atoms with E-state index in [2.05, 4.69) is 29.9 Å². The Morgan fingerprint density at radius 3 is 2.79 bits per heavy atom. The van der Waals surface area contributed by atoms with E-state index in [0.29, 0.717) is 0 Å². The Labute approximate surface area is 84.0 Å². The first-order valence-electron chi connectivity index (χ1n) is 5.07. The molecule has 2 aromatic heterocycles. The van der Waals surface area contributed by atoms with E-state index in [9.17, 15) is 0 Å². The largest absolute Gasteiger partial charge is 0.262 e. The Hall–Kier alpha value is -1.44. The number of hydrogen-bond donors (Lipinski definition) is 0. The molecule has 0 saturated heterocycles. The van der Waals surface area contributed by atoms with Gasteiger partial charge in [-0.2, -0.15) is 0 Å². The van der Waals surface area contributed by atoms with Gasteiger partial charge in [0.05, 0.1) is 11.7 Å². The highest BCUT2D eigenvalue weighted by atomic mass is 14.7. The van der Waals surface area contributed by atoms with Crippen molar-refractivity contribution in [2.75, 3.05) is 0 Å². The van der Waals surface area contributed by atoms with Crippen LogP contribution in [0.1, 0.15) is 25.1 Å². The highest BCUT2D eigenvalue weighted by molar-refractivity contribution is 5.81. The lowest BCUT2D eigenvalue weighted by atomic mass is 10.1. The summed E-state index contributed by atoms with van der Waals surface area (Å²) < 4.78 is 0. The van der Waals surface area contributed by atoms with Gasteiger partial charge in [-0.1, -0.05) is 13.8 Å². The van der Waals surface area contributed by atoms with E-state index in [1.54, 1.807) is 0 Å². The first-order valence-corrected chi connectivity index (χ1v) is 5.07. The normalized spacial score (nSPS) is 10.7. The topological polar surface area (TPSA) is 25.8 Å². The number of aryl methyl sites for hydroxylation is 2. The van der Waals surface area contributed by atoms with Crippen molar-refractivity contribution in [3.8, 4) is 0 Å². The number of nitrogens with zero attached hydrogens (tertiary/aromatic N) is 2. The van der Waals surface area contributed by atoms with Crippen LogP contribution in [-0.2, 0) is 12.8 Å². The molecule has 0 aliphatic heterocycles. The van der Waals surface area contributed by atoms with E-state index in [4.69, 9.17) is 0 Å². The van der Waals surface area contributed by atoms with Crippen LogP contribution in [-0.4, -0.2) is 9.97 Å². The number of pyridine rings is 2. The molecule has 0 bridgehead atoms. The van der Waals surface area contributed by atoms with Crippen molar-refractivity contribution in [2.45, 2.75) is 26.7 Å². The van der Waals surface area contributed by atoms with Crippen LogP contribution < -0.4 is 0 Å². The van der Waals surface area contributed by atoms with Crippen molar-refractivity contribution in [3.63, 3.8) is 0 Å². The molecule has 0 fully saturated rings. The summed E-state index contributed by atoms with van der Waals surface area (Å²) in [4.78, 5) is 8.64. The highest BCUT2D eigenvalue weighted by Crippen LogP contribution is 2.17. The Morgan fingerprint density at radius 1 is 1.21 bits per heavy atom. The lowest BCUT2D eigenvalue weighted by molar-refractivity contribution is 1.03. The van der Waals surface area contributed by atoms with Gasteiger partial charge < -0.3 is 0 Å². The molecule has 0 unspecified atom stereocenters. The van der Waals surface area contributed by atoms with Crippen molar-refractivity contribution in [1.29, 1.82) is 0 Å². The Kier molecular flexibility index (Phi) is 2.44. The highest BCUT2D eigenvalue weighted by Gasteiger charge is 2.02. The van der Waals surface area contributed by atoms with Crippen LogP contribution in [0.25, 0.3) is 10.9 Å². The van der Waals surface area contributed by atoms with Crippen molar-refractivity contribution < 1.29 is 0 Å². The maximum Gasteiger partial charge on any atom is 0.0891 e. The molecule has 72 valence electrons. The standard InChI is InChI=1S/C12H14N2/c1-3-9-7-10(4-2)14-12-8-13-6-5-11(9)12/h5-8H,3-4H2,1-2H3. The molecule has 2 rings (SSSR count). The van der Waals surface area contributed by atoms with Gasteiger partial charge in [0, 0.05) is 17.3 Å². The summed E-state index contributed by atoms with van der Waals surface area (Å²) in [6, 6.07) is 4.24. The van der Waals surface area contributed by atoms with Gasteiger partial charge in [0.15, 0.2) is 0 Å². The Morgan fingerprint density at radius 2 is 2.07 bits per heavy atom. The molecule has 14 heavy (non-hydrogen) atoms. The molecule has 0 aliphatic rings. The third-order valence-electron chi connectivity index (χ3n) is 2.49. The second-order valence-corrected chi connectivity index (χ2v) is 3.37. The van der Waals surface area contributed by atoms with Crippen LogP contribution in [0.3, 0.4) is 0 Å². The average Bonchev–Trinajstić information content (AvgIpc) is 2.27. The molecule has 0 spiro atoms. The Bertz CT molecular complexity index is 449. The minimum Gasteiger partial charge on any atom is -0.262 e. The predicted molar refractivity (Wildman–Crippen MR) is 58.3 cm³/mol. The Balaban J connectivity index is 2.73. The predicted octanol–water partition coefficient (Wildman–Crippen LogP) is 2.75. The SMILES string of the molecule is CCc1cc(CC)c2ccncc2n1. The van der Waals surface area contributed by atoms with E-state index >= 15 is 0 Å². The van der Waals surface area contributed by atoms with E-state index in [1.807, 2.05) is 18.5 Å². The molecule has 0 aliphatic carbocycles. The number of fused-ring (bicyclic) bond motifs is 1. The second kappa shape index (κ2) is 3.74. The van der Waals surface area contributed by atoms with Crippen molar-refractivity contribution in [1.82, 2.24) is 9.97 Å². The maximum atomic E-state index is 4.54. The van der Waals surface area contributed by atoms with E-state index in [1.165, 1.54) is 10.9 Å². The van der Waals surface area contributed by atoms with E-state index < -0.39 is 0 Å². The number of aromatic nitrogens is 2. The zero-order valence-electron chi connectivity index (χ0n) is 8.62. The molecule has 0 radical (unpaired) electrons. The smallest absolute Gasteiger partial charge is 0.0891 e. The fourth-order valence-corrected chi connectivity index (χ4v) is 1.69. The lowest BCUT2D eigenvalue weighted by Crippen LogP contribution is -1.93. The van der Waals surface area contributed by atoms with Gasteiger partial charge in [0.2, 0.25) is 0 Å².